The Hall–Kier alpha value is -1.50. The minimum atomic E-state index is -3.77. The number of amides is 1. The summed E-state index contributed by atoms with van der Waals surface area (Å²) in [5, 5.41) is -0.564. The van der Waals surface area contributed by atoms with Crippen molar-refractivity contribution in [1.29, 1.82) is 0 Å². The molecular formula is C17H21F2NO3S. The number of halogens is 2. The van der Waals surface area contributed by atoms with Crippen LogP contribution in [0.3, 0.4) is 0 Å². The molecule has 0 aliphatic heterocycles. The van der Waals surface area contributed by atoms with Gasteiger partial charge in [0.25, 0.3) is 0 Å². The highest BCUT2D eigenvalue weighted by atomic mass is 32.2. The number of carbonyl (C=O) groups excluding carboxylic acids is 1. The van der Waals surface area contributed by atoms with E-state index >= 15 is 0 Å². The number of sulfonamides is 1. The molecule has 1 aromatic carbocycles. The van der Waals surface area contributed by atoms with Crippen molar-refractivity contribution in [1.82, 2.24) is 4.72 Å². The summed E-state index contributed by atoms with van der Waals surface area (Å²) in [6.45, 7) is 0. The highest BCUT2D eigenvalue weighted by molar-refractivity contribution is 7.90. The zero-order chi connectivity index (χ0) is 17.4. The highest BCUT2D eigenvalue weighted by Crippen LogP contribution is 2.45. The third kappa shape index (κ3) is 3.06. The van der Waals surface area contributed by atoms with E-state index in [4.69, 9.17) is 0 Å². The summed E-state index contributed by atoms with van der Waals surface area (Å²) in [5.41, 5.74) is -1.13. The molecule has 1 amide bonds. The fourth-order valence-electron chi connectivity index (χ4n) is 3.71. The Balaban J connectivity index is 1.84. The molecule has 0 spiro atoms. The second-order valence-corrected chi connectivity index (χ2v) is 8.76. The number of rotatable bonds is 4. The summed E-state index contributed by atoms with van der Waals surface area (Å²) in [4.78, 5) is 12.7. The Kier molecular flexibility index (Phi) is 4.64. The van der Waals surface area contributed by atoms with Crippen molar-refractivity contribution in [2.75, 3.05) is 0 Å². The highest BCUT2D eigenvalue weighted by Gasteiger charge is 2.49. The van der Waals surface area contributed by atoms with Crippen LogP contribution in [0.25, 0.3) is 0 Å². The third-order valence-corrected chi connectivity index (χ3v) is 7.13. The Labute approximate surface area is 140 Å². The van der Waals surface area contributed by atoms with Crippen LogP contribution in [0.5, 0.6) is 0 Å². The van der Waals surface area contributed by atoms with Gasteiger partial charge in [0.1, 0.15) is 11.6 Å². The average molecular weight is 357 g/mol. The second kappa shape index (κ2) is 6.43. The van der Waals surface area contributed by atoms with Crippen LogP contribution in [0.4, 0.5) is 8.78 Å². The van der Waals surface area contributed by atoms with Crippen molar-refractivity contribution in [3.05, 3.63) is 35.4 Å². The van der Waals surface area contributed by atoms with Gasteiger partial charge in [-0.15, -0.1) is 0 Å². The van der Waals surface area contributed by atoms with E-state index in [2.05, 4.69) is 4.72 Å². The fourth-order valence-corrected chi connectivity index (χ4v) is 5.29. The summed E-state index contributed by atoms with van der Waals surface area (Å²) in [6.07, 6.45) is 5.18. The van der Waals surface area contributed by atoms with E-state index in [0.717, 1.165) is 31.4 Å². The van der Waals surface area contributed by atoms with Crippen LogP contribution < -0.4 is 4.72 Å². The van der Waals surface area contributed by atoms with Crippen LogP contribution >= 0.6 is 0 Å². The minimum Gasteiger partial charge on any atom is -0.273 e. The molecule has 2 fully saturated rings. The second-order valence-electron chi connectivity index (χ2n) is 6.80. The molecule has 3 rings (SSSR count). The van der Waals surface area contributed by atoms with Crippen molar-refractivity contribution in [3.8, 4) is 0 Å². The van der Waals surface area contributed by atoms with Crippen molar-refractivity contribution in [3.63, 3.8) is 0 Å². The van der Waals surface area contributed by atoms with Gasteiger partial charge in [0.05, 0.1) is 10.7 Å². The fraction of sp³-hybridized carbons (Fsp3) is 0.588. The van der Waals surface area contributed by atoms with Crippen molar-refractivity contribution in [2.45, 2.75) is 62.0 Å². The molecule has 1 aromatic rings. The van der Waals surface area contributed by atoms with E-state index in [9.17, 15) is 22.0 Å². The smallest absolute Gasteiger partial charge is 0.244 e. The molecule has 0 aromatic heterocycles. The van der Waals surface area contributed by atoms with Gasteiger partial charge in [0.15, 0.2) is 0 Å². The number of hydrogen-bond donors (Lipinski definition) is 1. The zero-order valence-corrected chi connectivity index (χ0v) is 14.2. The lowest BCUT2D eigenvalue weighted by molar-refractivity contribution is -0.128. The Bertz CT molecular complexity index is 738. The van der Waals surface area contributed by atoms with E-state index in [-0.39, 0.29) is 5.56 Å². The van der Waals surface area contributed by atoms with E-state index in [1.54, 1.807) is 0 Å². The number of nitrogens with one attached hydrogen (secondary N) is 1. The summed E-state index contributed by atoms with van der Waals surface area (Å²) in [7, 11) is -3.77. The quantitative estimate of drug-likeness (QED) is 0.900. The lowest BCUT2D eigenvalue weighted by Crippen LogP contribution is -2.53. The van der Waals surface area contributed by atoms with Gasteiger partial charge >= 0.3 is 0 Å². The maximum Gasteiger partial charge on any atom is 0.244 e. The lowest BCUT2D eigenvalue weighted by Gasteiger charge is -2.41. The normalized spacial score (nSPS) is 21.1. The van der Waals surface area contributed by atoms with E-state index in [1.807, 2.05) is 0 Å². The van der Waals surface area contributed by atoms with Gasteiger partial charge in [-0.05, 0) is 31.7 Å². The molecule has 2 aliphatic rings. The molecule has 4 nitrogen and oxygen atoms in total. The molecule has 0 bridgehead atoms. The summed E-state index contributed by atoms with van der Waals surface area (Å²) in [5.74, 6) is -2.22. The zero-order valence-electron chi connectivity index (χ0n) is 13.4. The molecule has 0 unspecified atom stereocenters. The van der Waals surface area contributed by atoms with Gasteiger partial charge in [-0.1, -0.05) is 31.7 Å². The predicted octanol–water partition coefficient (Wildman–Crippen LogP) is 3.17. The first kappa shape index (κ1) is 17.3. The molecule has 0 saturated heterocycles. The van der Waals surface area contributed by atoms with Crippen LogP contribution in [-0.2, 0) is 20.2 Å². The van der Waals surface area contributed by atoms with Crippen LogP contribution in [0.2, 0.25) is 0 Å². The molecule has 132 valence electrons. The average Bonchev–Trinajstić information content (AvgIpc) is 2.48. The maximum atomic E-state index is 14.1. The minimum absolute atomic E-state index is 0.0755. The number of hydrogen-bond acceptors (Lipinski definition) is 3. The molecule has 1 N–H and O–H groups in total. The van der Waals surface area contributed by atoms with Crippen LogP contribution in [0.15, 0.2) is 18.2 Å². The lowest BCUT2D eigenvalue weighted by atomic mass is 9.64. The topological polar surface area (TPSA) is 63.2 Å². The van der Waals surface area contributed by atoms with Crippen molar-refractivity contribution >= 4 is 15.9 Å². The largest absolute Gasteiger partial charge is 0.273 e. The van der Waals surface area contributed by atoms with Gasteiger partial charge < -0.3 is 0 Å². The first-order valence-electron chi connectivity index (χ1n) is 8.37. The van der Waals surface area contributed by atoms with Crippen LogP contribution in [0.1, 0.15) is 56.9 Å². The molecule has 0 atom stereocenters. The predicted molar refractivity (Wildman–Crippen MR) is 85.8 cm³/mol. The van der Waals surface area contributed by atoms with Crippen LogP contribution in [-0.4, -0.2) is 19.6 Å². The Morgan fingerprint density at radius 2 is 1.75 bits per heavy atom. The van der Waals surface area contributed by atoms with Crippen molar-refractivity contribution in [2.24, 2.45) is 0 Å². The summed E-state index contributed by atoms with van der Waals surface area (Å²) >= 11 is 0. The Morgan fingerprint density at radius 3 is 2.29 bits per heavy atom. The van der Waals surface area contributed by atoms with Gasteiger partial charge in [0.2, 0.25) is 15.9 Å². The summed E-state index contributed by atoms with van der Waals surface area (Å²) in [6, 6.07) is 3.08. The first-order valence-corrected chi connectivity index (χ1v) is 9.91. The Morgan fingerprint density at radius 1 is 1.08 bits per heavy atom. The monoisotopic (exact) mass is 357 g/mol. The molecular weight excluding hydrogens is 336 g/mol. The molecule has 0 heterocycles. The number of benzene rings is 1. The van der Waals surface area contributed by atoms with E-state index in [1.165, 1.54) is 6.07 Å². The standard InChI is InChI=1S/C17H21F2NO3S/c18-12-7-8-14(15(19)11-12)17(9-4-10-17)16(21)20-24(22,23)13-5-2-1-3-6-13/h7-8,11,13H,1-6,9-10H2,(H,20,21). The van der Waals surface area contributed by atoms with Crippen LogP contribution in [0, 0.1) is 11.6 Å². The first-order chi connectivity index (χ1) is 11.3. The molecule has 7 heteroatoms. The van der Waals surface area contributed by atoms with Gasteiger partial charge in [-0.3, -0.25) is 9.52 Å². The van der Waals surface area contributed by atoms with E-state index < -0.39 is 38.2 Å². The summed E-state index contributed by atoms with van der Waals surface area (Å²) < 4.78 is 54.4. The third-order valence-electron chi connectivity index (χ3n) is 5.31. The number of carbonyl (C=O) groups is 1. The van der Waals surface area contributed by atoms with Crippen molar-refractivity contribution < 1.29 is 22.0 Å². The maximum absolute atomic E-state index is 14.1. The SMILES string of the molecule is O=C(NS(=O)(=O)C1CCCCC1)C1(c2ccc(F)cc2F)CCC1. The van der Waals surface area contributed by atoms with Gasteiger partial charge in [-0.2, -0.15) is 0 Å². The van der Waals surface area contributed by atoms with E-state index in [0.29, 0.717) is 32.1 Å². The van der Waals surface area contributed by atoms with Gasteiger partial charge in [-0.25, -0.2) is 17.2 Å². The molecule has 0 radical (unpaired) electrons. The molecule has 2 aliphatic carbocycles. The molecule has 2 saturated carbocycles. The molecule has 24 heavy (non-hydrogen) atoms. The van der Waals surface area contributed by atoms with Gasteiger partial charge in [0, 0.05) is 11.6 Å².